The van der Waals surface area contributed by atoms with E-state index in [4.69, 9.17) is 10.6 Å². The molecule has 0 bridgehead atoms. The minimum absolute atomic E-state index is 0.0000472. The molecule has 4 N–H and O–H groups in total. The zero-order valence-corrected chi connectivity index (χ0v) is 13.1. The molecule has 1 saturated heterocycles. The fourth-order valence-corrected chi connectivity index (χ4v) is 2.34. The van der Waals surface area contributed by atoms with Crippen LogP contribution in [0.1, 0.15) is 33.5 Å². The van der Waals surface area contributed by atoms with Gasteiger partial charge in [0.05, 0.1) is 18.8 Å². The highest BCUT2D eigenvalue weighted by atomic mass is 16.5. The minimum atomic E-state index is -0.198. The number of aliphatic hydroxyl groups excluding tert-OH is 1. The van der Waals surface area contributed by atoms with E-state index in [1.165, 1.54) is 0 Å². The zero-order valence-electron chi connectivity index (χ0n) is 13.1. The molecule has 0 radical (unpaired) electrons. The van der Waals surface area contributed by atoms with Crippen LogP contribution in [0.15, 0.2) is 6.07 Å². The van der Waals surface area contributed by atoms with Gasteiger partial charge in [0.2, 0.25) is 0 Å². The van der Waals surface area contributed by atoms with Gasteiger partial charge in [0.25, 0.3) is 0 Å². The van der Waals surface area contributed by atoms with Crippen LogP contribution in [0.2, 0.25) is 0 Å². The molecule has 1 fully saturated rings. The van der Waals surface area contributed by atoms with Crippen molar-refractivity contribution in [1.29, 1.82) is 0 Å². The summed E-state index contributed by atoms with van der Waals surface area (Å²) in [5.74, 6) is 7.64. The van der Waals surface area contributed by atoms with Crippen molar-refractivity contribution >= 4 is 11.6 Å². The summed E-state index contributed by atoms with van der Waals surface area (Å²) in [5, 5.41) is 9.34. The fraction of sp³-hybridized carbons (Fsp3) is 0.714. The summed E-state index contributed by atoms with van der Waals surface area (Å²) < 4.78 is 5.67. The number of hydrogen-bond donors (Lipinski definition) is 3. The zero-order chi connectivity index (χ0) is 15.6. The molecule has 1 aromatic heterocycles. The number of hydrazine groups is 1. The number of hydrogen-bond acceptors (Lipinski definition) is 7. The molecule has 2 atom stereocenters. The Balaban J connectivity index is 2.33. The van der Waals surface area contributed by atoms with Gasteiger partial charge in [-0.2, -0.15) is 0 Å². The summed E-state index contributed by atoms with van der Waals surface area (Å²) in [6.45, 7) is 9.50. The summed E-state index contributed by atoms with van der Waals surface area (Å²) in [6, 6.07) is 1.82. The predicted octanol–water partition coefficient (Wildman–Crippen LogP) is 0.646. The van der Waals surface area contributed by atoms with E-state index in [9.17, 15) is 5.11 Å². The molecule has 7 heteroatoms. The van der Waals surface area contributed by atoms with Crippen LogP contribution in [0.5, 0.6) is 0 Å². The number of rotatable bonds is 3. The second-order valence-corrected chi connectivity index (χ2v) is 6.49. The largest absolute Gasteiger partial charge is 0.394 e. The minimum Gasteiger partial charge on any atom is -0.394 e. The Bertz CT molecular complexity index is 489. The maximum absolute atomic E-state index is 9.34. The maximum atomic E-state index is 9.34. The first kappa shape index (κ1) is 15.9. The standard InChI is InChI=1S/C14H25N5O2/c1-9-6-19(7-10(8-20)21-9)12-5-11(18-15)16-13(17-12)14(2,3)4/h5,9-10,20H,6-8,15H2,1-4H3,(H,16,17,18). The van der Waals surface area contributed by atoms with E-state index in [2.05, 4.69) is 41.1 Å². The third kappa shape index (κ3) is 3.81. The van der Waals surface area contributed by atoms with E-state index in [-0.39, 0.29) is 24.2 Å². The molecule has 1 aliphatic heterocycles. The topological polar surface area (TPSA) is 96.5 Å². The van der Waals surface area contributed by atoms with Gasteiger partial charge in [-0.05, 0) is 6.92 Å². The van der Waals surface area contributed by atoms with E-state index in [1.807, 2.05) is 13.0 Å². The molecule has 0 spiro atoms. The van der Waals surface area contributed by atoms with Crippen LogP contribution < -0.4 is 16.2 Å². The Morgan fingerprint density at radius 3 is 2.71 bits per heavy atom. The first-order valence-electron chi connectivity index (χ1n) is 7.21. The summed E-state index contributed by atoms with van der Waals surface area (Å²) in [6.07, 6.45) is -0.158. The van der Waals surface area contributed by atoms with E-state index < -0.39 is 0 Å². The van der Waals surface area contributed by atoms with E-state index in [0.29, 0.717) is 12.4 Å². The molecule has 2 rings (SSSR count). The summed E-state index contributed by atoms with van der Waals surface area (Å²) in [4.78, 5) is 11.2. The number of anilines is 2. The maximum Gasteiger partial charge on any atom is 0.145 e. The number of nitrogen functional groups attached to an aromatic ring is 1. The normalized spacial score (nSPS) is 23.2. The quantitative estimate of drug-likeness (QED) is 0.556. The highest BCUT2D eigenvalue weighted by molar-refractivity contribution is 5.50. The second kappa shape index (κ2) is 6.13. The van der Waals surface area contributed by atoms with E-state index >= 15 is 0 Å². The Morgan fingerprint density at radius 2 is 2.14 bits per heavy atom. The third-order valence-corrected chi connectivity index (χ3v) is 3.39. The Hall–Kier alpha value is -1.44. The monoisotopic (exact) mass is 295 g/mol. The van der Waals surface area contributed by atoms with Gasteiger partial charge in [-0.15, -0.1) is 0 Å². The van der Waals surface area contributed by atoms with E-state index in [0.717, 1.165) is 18.2 Å². The van der Waals surface area contributed by atoms with Gasteiger partial charge in [-0.3, -0.25) is 0 Å². The van der Waals surface area contributed by atoms with Gasteiger partial charge in [-0.1, -0.05) is 20.8 Å². The molecule has 0 aliphatic carbocycles. The van der Waals surface area contributed by atoms with Gasteiger partial charge >= 0.3 is 0 Å². The Labute approximate surface area is 125 Å². The third-order valence-electron chi connectivity index (χ3n) is 3.39. The summed E-state index contributed by atoms with van der Waals surface area (Å²) >= 11 is 0. The molecular formula is C14H25N5O2. The molecular weight excluding hydrogens is 270 g/mol. The summed E-state index contributed by atoms with van der Waals surface area (Å²) in [7, 11) is 0. The fourth-order valence-electron chi connectivity index (χ4n) is 2.34. The number of aliphatic hydroxyl groups is 1. The Kier molecular flexibility index (Phi) is 4.65. The van der Waals surface area contributed by atoms with Gasteiger partial charge in [-0.25, -0.2) is 15.8 Å². The lowest BCUT2D eigenvalue weighted by molar-refractivity contribution is -0.0423. The molecule has 21 heavy (non-hydrogen) atoms. The molecule has 2 unspecified atom stereocenters. The van der Waals surface area contributed by atoms with Crippen LogP contribution in [-0.4, -0.2) is 47.0 Å². The van der Waals surface area contributed by atoms with Crippen LogP contribution in [0, 0.1) is 0 Å². The van der Waals surface area contributed by atoms with E-state index in [1.54, 1.807) is 0 Å². The molecule has 1 aliphatic rings. The van der Waals surface area contributed by atoms with Gasteiger partial charge in [0.1, 0.15) is 17.5 Å². The average molecular weight is 295 g/mol. The molecule has 2 heterocycles. The van der Waals surface area contributed by atoms with Gasteiger partial charge in [0.15, 0.2) is 0 Å². The lowest BCUT2D eigenvalue weighted by Gasteiger charge is -2.37. The molecule has 0 aromatic carbocycles. The van der Waals surface area contributed by atoms with Crippen molar-refractivity contribution in [3.63, 3.8) is 0 Å². The molecule has 0 amide bonds. The number of nitrogens with zero attached hydrogens (tertiary/aromatic N) is 3. The SMILES string of the molecule is CC1CN(c2cc(NN)nc(C(C)(C)C)n2)CC(CO)O1. The first-order valence-corrected chi connectivity index (χ1v) is 7.21. The first-order chi connectivity index (χ1) is 9.83. The highest BCUT2D eigenvalue weighted by Gasteiger charge is 2.27. The molecule has 7 nitrogen and oxygen atoms in total. The number of morpholine rings is 1. The van der Waals surface area contributed by atoms with Crippen molar-refractivity contribution in [2.45, 2.75) is 45.3 Å². The lowest BCUT2D eigenvalue weighted by Crippen LogP contribution is -2.48. The van der Waals surface area contributed by atoms with Crippen LogP contribution in [0.3, 0.4) is 0 Å². The van der Waals surface area contributed by atoms with Crippen molar-refractivity contribution in [1.82, 2.24) is 9.97 Å². The average Bonchev–Trinajstić information content (AvgIpc) is 2.45. The van der Waals surface area contributed by atoms with Crippen LogP contribution in [0.25, 0.3) is 0 Å². The van der Waals surface area contributed by atoms with Gasteiger partial charge < -0.3 is 20.2 Å². The number of aromatic nitrogens is 2. The number of ether oxygens (including phenoxy) is 1. The highest BCUT2D eigenvalue weighted by Crippen LogP contribution is 2.25. The predicted molar refractivity (Wildman–Crippen MR) is 82.2 cm³/mol. The Morgan fingerprint density at radius 1 is 1.43 bits per heavy atom. The van der Waals surface area contributed by atoms with Crippen LogP contribution in [0.4, 0.5) is 11.6 Å². The van der Waals surface area contributed by atoms with Crippen LogP contribution >= 0.6 is 0 Å². The summed E-state index contributed by atoms with van der Waals surface area (Å²) in [5.41, 5.74) is 2.43. The van der Waals surface area contributed by atoms with Crippen LogP contribution in [-0.2, 0) is 10.2 Å². The molecule has 0 saturated carbocycles. The lowest BCUT2D eigenvalue weighted by atomic mass is 9.96. The van der Waals surface area contributed by atoms with Crippen molar-refractivity contribution in [3.8, 4) is 0 Å². The van der Waals surface area contributed by atoms with Crippen molar-refractivity contribution < 1.29 is 9.84 Å². The van der Waals surface area contributed by atoms with Crippen molar-refractivity contribution in [2.75, 3.05) is 30.0 Å². The van der Waals surface area contributed by atoms with Crippen molar-refractivity contribution in [3.05, 3.63) is 11.9 Å². The van der Waals surface area contributed by atoms with Gasteiger partial charge in [0, 0.05) is 24.6 Å². The van der Waals surface area contributed by atoms with Crippen molar-refractivity contribution in [2.24, 2.45) is 5.84 Å². The second-order valence-electron chi connectivity index (χ2n) is 6.49. The smallest absolute Gasteiger partial charge is 0.145 e. The molecule has 1 aromatic rings. The number of nitrogens with one attached hydrogen (secondary N) is 1. The number of nitrogens with two attached hydrogens (primary N) is 1. The molecule has 118 valence electrons.